The molecule has 96 valence electrons. The highest BCUT2D eigenvalue weighted by Gasteiger charge is 2.24. The molecule has 1 aliphatic rings. The van der Waals surface area contributed by atoms with Gasteiger partial charge in [0.05, 0.1) is 12.5 Å². The van der Waals surface area contributed by atoms with Crippen molar-refractivity contribution in [3.05, 3.63) is 34.9 Å². The average molecular weight is 250 g/mol. The Labute approximate surface area is 103 Å². The summed E-state index contributed by atoms with van der Waals surface area (Å²) >= 11 is 0. The molecule has 0 bridgehead atoms. The predicted octanol–water partition coefficient (Wildman–Crippen LogP) is -0.800. The van der Waals surface area contributed by atoms with E-state index < -0.39 is 18.1 Å². The van der Waals surface area contributed by atoms with Crippen LogP contribution in [0.5, 0.6) is 0 Å². The van der Waals surface area contributed by atoms with Crippen LogP contribution >= 0.6 is 0 Å². The minimum absolute atomic E-state index is 0.205. The Morgan fingerprint density at radius 2 is 2.17 bits per heavy atom. The highest BCUT2D eigenvalue weighted by molar-refractivity contribution is 5.98. The van der Waals surface area contributed by atoms with Crippen LogP contribution in [0, 0.1) is 0 Å². The van der Waals surface area contributed by atoms with Gasteiger partial charge in [0.15, 0.2) is 0 Å². The van der Waals surface area contributed by atoms with Crippen LogP contribution in [-0.2, 0) is 11.3 Å². The fourth-order valence-corrected chi connectivity index (χ4v) is 1.95. The highest BCUT2D eigenvalue weighted by atomic mass is 16.3. The van der Waals surface area contributed by atoms with E-state index in [0.29, 0.717) is 17.7 Å². The van der Waals surface area contributed by atoms with Crippen LogP contribution in [-0.4, -0.2) is 28.1 Å². The lowest BCUT2D eigenvalue weighted by Gasteiger charge is -2.17. The molecule has 2 rings (SSSR count). The van der Waals surface area contributed by atoms with Crippen LogP contribution in [0.1, 0.15) is 34.0 Å². The molecule has 0 aromatic heterocycles. The van der Waals surface area contributed by atoms with Gasteiger partial charge in [-0.2, -0.15) is 0 Å². The molecule has 2 amide bonds. The van der Waals surface area contributed by atoms with Gasteiger partial charge in [-0.15, -0.1) is 0 Å². The minimum Gasteiger partial charge on any atom is -0.390 e. The largest absolute Gasteiger partial charge is 0.390 e. The topological polar surface area (TPSA) is 113 Å². The zero-order valence-electron chi connectivity index (χ0n) is 9.59. The van der Waals surface area contributed by atoms with Gasteiger partial charge in [0.25, 0.3) is 5.91 Å². The van der Waals surface area contributed by atoms with Crippen molar-refractivity contribution in [1.29, 1.82) is 0 Å². The molecular weight excluding hydrogens is 236 g/mol. The van der Waals surface area contributed by atoms with Gasteiger partial charge in [-0.1, -0.05) is 12.1 Å². The predicted molar refractivity (Wildman–Crippen MR) is 62.4 cm³/mol. The monoisotopic (exact) mass is 250 g/mol. The maximum Gasteiger partial charge on any atom is 0.251 e. The van der Waals surface area contributed by atoms with E-state index in [4.69, 9.17) is 5.73 Å². The van der Waals surface area contributed by atoms with E-state index in [1.54, 1.807) is 12.1 Å². The van der Waals surface area contributed by atoms with E-state index in [2.05, 4.69) is 5.32 Å². The second-order valence-corrected chi connectivity index (χ2v) is 4.28. The van der Waals surface area contributed by atoms with Gasteiger partial charge < -0.3 is 21.3 Å². The molecular formula is C12H14N2O4. The molecule has 0 spiro atoms. The first-order valence-corrected chi connectivity index (χ1v) is 5.54. The number of hydrogen-bond donors (Lipinski definition) is 4. The van der Waals surface area contributed by atoms with Crippen molar-refractivity contribution >= 4 is 11.8 Å². The summed E-state index contributed by atoms with van der Waals surface area (Å²) in [5.74, 6) is -0.899. The molecule has 2 unspecified atom stereocenters. The molecule has 1 heterocycles. The number of benzene rings is 1. The lowest BCUT2D eigenvalue weighted by molar-refractivity contribution is -0.121. The number of primary amides is 1. The smallest absolute Gasteiger partial charge is 0.251 e. The number of carbonyl (C=O) groups excluding carboxylic acids is 2. The van der Waals surface area contributed by atoms with Crippen molar-refractivity contribution < 1.29 is 19.8 Å². The van der Waals surface area contributed by atoms with Crippen molar-refractivity contribution in [2.24, 2.45) is 5.73 Å². The van der Waals surface area contributed by atoms with Crippen molar-refractivity contribution in [1.82, 2.24) is 5.32 Å². The highest BCUT2D eigenvalue weighted by Crippen LogP contribution is 2.24. The summed E-state index contributed by atoms with van der Waals surface area (Å²) in [5, 5.41) is 22.1. The Hall–Kier alpha value is -1.92. The van der Waals surface area contributed by atoms with Gasteiger partial charge in [-0.25, -0.2) is 0 Å². The number of nitrogens with one attached hydrogen (secondary N) is 1. The minimum atomic E-state index is -1.27. The van der Waals surface area contributed by atoms with Crippen LogP contribution < -0.4 is 11.1 Å². The van der Waals surface area contributed by atoms with Crippen molar-refractivity contribution in [3.63, 3.8) is 0 Å². The first kappa shape index (κ1) is 12.5. The first-order chi connectivity index (χ1) is 8.49. The number of rotatable bonds is 4. The molecule has 0 fully saturated rings. The summed E-state index contributed by atoms with van der Waals surface area (Å²) in [5.41, 5.74) is 6.67. The Morgan fingerprint density at radius 1 is 1.44 bits per heavy atom. The van der Waals surface area contributed by atoms with E-state index in [1.807, 2.05) is 0 Å². The third kappa shape index (κ3) is 2.34. The molecule has 1 aliphatic heterocycles. The summed E-state index contributed by atoms with van der Waals surface area (Å²) in [6, 6.07) is 4.85. The summed E-state index contributed by atoms with van der Waals surface area (Å²) in [6.07, 6.45) is -2.84. The Kier molecular flexibility index (Phi) is 3.31. The SMILES string of the molecule is NC(=O)CC(O)C(O)c1ccc2c(c1)C(=O)NC2. The molecule has 1 aromatic rings. The average Bonchev–Trinajstić information content (AvgIpc) is 2.69. The number of amides is 2. The van der Waals surface area contributed by atoms with E-state index in [0.717, 1.165) is 5.56 Å². The van der Waals surface area contributed by atoms with Gasteiger partial charge >= 0.3 is 0 Å². The molecule has 2 atom stereocenters. The maximum absolute atomic E-state index is 11.5. The molecule has 1 aromatic carbocycles. The number of aliphatic hydroxyl groups is 2. The quantitative estimate of drug-likeness (QED) is 0.560. The molecule has 6 nitrogen and oxygen atoms in total. The summed E-state index contributed by atoms with van der Waals surface area (Å²) in [7, 11) is 0. The van der Waals surface area contributed by atoms with Gasteiger partial charge in [0.2, 0.25) is 5.91 Å². The standard InChI is InChI=1S/C12H14N2O4/c13-10(16)4-9(15)11(17)6-1-2-7-5-14-12(18)8(7)3-6/h1-3,9,11,15,17H,4-5H2,(H2,13,16)(H,14,18). The Balaban J connectivity index is 2.21. The second-order valence-electron chi connectivity index (χ2n) is 4.28. The summed E-state index contributed by atoms with van der Waals surface area (Å²) in [6.45, 7) is 0.467. The van der Waals surface area contributed by atoms with E-state index in [-0.39, 0.29) is 12.3 Å². The molecule has 0 aliphatic carbocycles. The lowest BCUT2D eigenvalue weighted by Crippen LogP contribution is -2.25. The second kappa shape index (κ2) is 4.75. The zero-order valence-corrected chi connectivity index (χ0v) is 9.59. The van der Waals surface area contributed by atoms with Crippen LogP contribution in [0.3, 0.4) is 0 Å². The van der Waals surface area contributed by atoms with E-state index in [1.165, 1.54) is 6.07 Å². The van der Waals surface area contributed by atoms with Crippen LogP contribution in [0.4, 0.5) is 0 Å². The third-order valence-corrected chi connectivity index (χ3v) is 2.93. The van der Waals surface area contributed by atoms with E-state index in [9.17, 15) is 19.8 Å². The molecule has 6 heteroatoms. The number of aliphatic hydroxyl groups excluding tert-OH is 2. The summed E-state index contributed by atoms with van der Waals surface area (Å²) < 4.78 is 0. The van der Waals surface area contributed by atoms with Crippen molar-refractivity contribution in [3.8, 4) is 0 Å². The number of hydrogen-bond acceptors (Lipinski definition) is 4. The lowest BCUT2D eigenvalue weighted by atomic mass is 9.98. The first-order valence-electron chi connectivity index (χ1n) is 5.54. The fraction of sp³-hybridized carbons (Fsp3) is 0.333. The molecule has 0 radical (unpaired) electrons. The number of carbonyl (C=O) groups is 2. The van der Waals surface area contributed by atoms with Gasteiger partial charge in [-0.05, 0) is 17.2 Å². The molecule has 5 N–H and O–H groups in total. The number of fused-ring (bicyclic) bond motifs is 1. The van der Waals surface area contributed by atoms with E-state index >= 15 is 0 Å². The van der Waals surface area contributed by atoms with Crippen molar-refractivity contribution in [2.45, 2.75) is 25.2 Å². The maximum atomic E-state index is 11.5. The zero-order chi connectivity index (χ0) is 13.3. The molecule has 0 saturated heterocycles. The van der Waals surface area contributed by atoms with Crippen LogP contribution in [0.25, 0.3) is 0 Å². The van der Waals surface area contributed by atoms with Crippen LogP contribution in [0.15, 0.2) is 18.2 Å². The van der Waals surface area contributed by atoms with Gasteiger partial charge in [0.1, 0.15) is 6.10 Å². The van der Waals surface area contributed by atoms with Crippen molar-refractivity contribution in [2.75, 3.05) is 0 Å². The van der Waals surface area contributed by atoms with Gasteiger partial charge in [0, 0.05) is 12.1 Å². The Bertz CT molecular complexity index is 501. The third-order valence-electron chi connectivity index (χ3n) is 2.93. The van der Waals surface area contributed by atoms with Gasteiger partial charge in [-0.3, -0.25) is 9.59 Å². The van der Waals surface area contributed by atoms with Crippen LogP contribution in [0.2, 0.25) is 0 Å². The fourth-order valence-electron chi connectivity index (χ4n) is 1.95. The number of nitrogens with two attached hydrogens (primary N) is 1. The Morgan fingerprint density at radius 3 is 2.83 bits per heavy atom. The normalized spacial score (nSPS) is 16.9. The molecule has 18 heavy (non-hydrogen) atoms. The molecule has 0 saturated carbocycles. The summed E-state index contributed by atoms with van der Waals surface area (Å²) in [4.78, 5) is 22.1.